The molecular weight excluding hydrogens is 404 g/mol. The third kappa shape index (κ3) is 4.94. The molecule has 1 saturated heterocycles. The van der Waals surface area contributed by atoms with Crippen molar-refractivity contribution < 1.29 is 18.7 Å². The Labute approximate surface area is 180 Å². The molecule has 3 aromatic rings. The zero-order valence-electron chi connectivity index (χ0n) is 17.0. The van der Waals surface area contributed by atoms with Crippen LogP contribution in [0.2, 0.25) is 5.02 Å². The highest BCUT2D eigenvalue weighted by Gasteiger charge is 2.22. The average molecular weight is 429 g/mol. The number of rotatable bonds is 7. The molecule has 1 fully saturated rings. The number of piperidine rings is 1. The van der Waals surface area contributed by atoms with Crippen molar-refractivity contribution in [2.45, 2.75) is 32.3 Å². The van der Waals surface area contributed by atoms with E-state index >= 15 is 0 Å². The lowest BCUT2D eigenvalue weighted by atomic mass is 9.93. The Kier molecular flexibility index (Phi) is 6.55. The number of carbonyl (C=O) groups is 1. The number of fused-ring (bicyclic) bond motifs is 1. The van der Waals surface area contributed by atoms with Crippen molar-refractivity contribution in [2.24, 2.45) is 0 Å². The number of hydrogen-bond donors (Lipinski definition) is 0. The molecule has 4 rings (SSSR count). The second kappa shape index (κ2) is 9.49. The van der Waals surface area contributed by atoms with Gasteiger partial charge in [-0.3, -0.25) is 9.69 Å². The number of aromatic nitrogens is 1. The number of esters is 1. The largest absolute Gasteiger partial charge is 0.473 e. The van der Waals surface area contributed by atoms with E-state index in [1.807, 2.05) is 30.3 Å². The van der Waals surface area contributed by atoms with Crippen LogP contribution in [-0.4, -0.2) is 42.1 Å². The molecule has 2 aromatic heterocycles. The van der Waals surface area contributed by atoms with E-state index in [1.54, 1.807) is 6.26 Å². The highest BCUT2D eigenvalue weighted by Crippen LogP contribution is 2.30. The topological polar surface area (TPSA) is 64.8 Å². The van der Waals surface area contributed by atoms with E-state index in [0.717, 1.165) is 54.7 Å². The summed E-state index contributed by atoms with van der Waals surface area (Å²) in [7, 11) is 0. The van der Waals surface area contributed by atoms with E-state index in [1.165, 1.54) is 6.92 Å². The molecule has 0 N–H and O–H groups in total. The van der Waals surface area contributed by atoms with E-state index in [9.17, 15) is 4.79 Å². The van der Waals surface area contributed by atoms with Crippen LogP contribution in [0.5, 0.6) is 5.88 Å². The maximum Gasteiger partial charge on any atom is 0.302 e. The smallest absolute Gasteiger partial charge is 0.302 e. The molecule has 6 nitrogen and oxygen atoms in total. The lowest BCUT2D eigenvalue weighted by Crippen LogP contribution is -2.35. The van der Waals surface area contributed by atoms with Gasteiger partial charge in [0.2, 0.25) is 5.88 Å². The lowest BCUT2D eigenvalue weighted by molar-refractivity contribution is -0.141. The molecule has 0 bridgehead atoms. The van der Waals surface area contributed by atoms with Crippen LogP contribution in [0.3, 0.4) is 0 Å². The molecule has 0 radical (unpaired) electrons. The quantitative estimate of drug-likeness (QED) is 0.503. The van der Waals surface area contributed by atoms with Gasteiger partial charge in [-0.15, -0.1) is 0 Å². The molecule has 7 heteroatoms. The van der Waals surface area contributed by atoms with E-state index in [2.05, 4.69) is 11.0 Å². The predicted molar refractivity (Wildman–Crippen MR) is 115 cm³/mol. The van der Waals surface area contributed by atoms with E-state index in [-0.39, 0.29) is 5.97 Å². The number of carbonyl (C=O) groups excluding carboxylic acids is 1. The number of ether oxygens (including phenoxy) is 2. The molecule has 3 heterocycles. The van der Waals surface area contributed by atoms with E-state index in [4.69, 9.17) is 30.5 Å². The fourth-order valence-electron chi connectivity index (χ4n) is 3.86. The van der Waals surface area contributed by atoms with Gasteiger partial charge < -0.3 is 13.9 Å². The fraction of sp³-hybridized carbons (Fsp3) is 0.391. The zero-order chi connectivity index (χ0) is 20.9. The van der Waals surface area contributed by atoms with E-state index < -0.39 is 0 Å². The van der Waals surface area contributed by atoms with Crippen molar-refractivity contribution in [3.63, 3.8) is 0 Å². The standard InChI is InChI=1S/C23H25ClN2O4/c1-16(27)28-14-12-26-10-7-17(8-11-26)21-3-2-4-22(25-21)30-15-18-5-6-20(24)19-9-13-29-23(18)19/h2-6,9,13,17H,7-8,10-12,14-15H2,1H3. The van der Waals surface area contributed by atoms with Crippen molar-refractivity contribution in [3.8, 4) is 5.88 Å². The van der Waals surface area contributed by atoms with Gasteiger partial charge >= 0.3 is 5.97 Å². The Morgan fingerprint density at radius 3 is 2.87 bits per heavy atom. The Morgan fingerprint density at radius 1 is 1.23 bits per heavy atom. The van der Waals surface area contributed by atoms with Crippen LogP contribution >= 0.6 is 11.6 Å². The molecule has 1 aliphatic heterocycles. The number of halogens is 1. The highest BCUT2D eigenvalue weighted by atomic mass is 35.5. The van der Waals surface area contributed by atoms with Crippen molar-refractivity contribution in [1.82, 2.24) is 9.88 Å². The summed E-state index contributed by atoms with van der Waals surface area (Å²) in [5.74, 6) is 0.794. The molecule has 0 amide bonds. The molecule has 1 aliphatic rings. The molecule has 0 aliphatic carbocycles. The zero-order valence-corrected chi connectivity index (χ0v) is 17.7. The molecule has 30 heavy (non-hydrogen) atoms. The summed E-state index contributed by atoms with van der Waals surface area (Å²) in [5, 5.41) is 1.56. The Hall–Kier alpha value is -2.57. The Balaban J connectivity index is 1.34. The summed E-state index contributed by atoms with van der Waals surface area (Å²) >= 11 is 6.21. The number of benzene rings is 1. The van der Waals surface area contributed by atoms with Gasteiger partial charge in [-0.05, 0) is 44.1 Å². The number of likely N-dealkylation sites (tertiary alicyclic amines) is 1. The van der Waals surface area contributed by atoms with Gasteiger partial charge in [0.1, 0.15) is 18.8 Å². The van der Waals surface area contributed by atoms with Gasteiger partial charge in [0.25, 0.3) is 0 Å². The molecule has 0 saturated carbocycles. The molecule has 158 valence electrons. The van der Waals surface area contributed by atoms with Crippen molar-refractivity contribution in [2.75, 3.05) is 26.2 Å². The maximum atomic E-state index is 10.9. The van der Waals surface area contributed by atoms with Gasteiger partial charge in [-0.1, -0.05) is 23.7 Å². The van der Waals surface area contributed by atoms with Crippen LogP contribution in [-0.2, 0) is 16.1 Å². The molecule has 0 spiro atoms. The van der Waals surface area contributed by atoms with Crippen LogP contribution in [0.25, 0.3) is 11.0 Å². The number of furan rings is 1. The first-order chi connectivity index (χ1) is 14.6. The minimum atomic E-state index is -0.225. The van der Waals surface area contributed by atoms with Crippen LogP contribution < -0.4 is 4.74 Å². The van der Waals surface area contributed by atoms with Crippen LogP contribution in [0.4, 0.5) is 0 Å². The maximum absolute atomic E-state index is 10.9. The molecule has 1 aromatic carbocycles. The Morgan fingerprint density at radius 2 is 2.07 bits per heavy atom. The van der Waals surface area contributed by atoms with Crippen molar-refractivity contribution >= 4 is 28.5 Å². The second-order valence-electron chi connectivity index (χ2n) is 7.52. The molecule has 0 atom stereocenters. The average Bonchev–Trinajstić information content (AvgIpc) is 3.25. The fourth-order valence-corrected chi connectivity index (χ4v) is 4.07. The van der Waals surface area contributed by atoms with Crippen LogP contribution in [0.15, 0.2) is 47.1 Å². The summed E-state index contributed by atoms with van der Waals surface area (Å²) in [5.41, 5.74) is 2.75. The number of pyridine rings is 1. The normalized spacial score (nSPS) is 15.4. The monoisotopic (exact) mass is 428 g/mol. The highest BCUT2D eigenvalue weighted by molar-refractivity contribution is 6.35. The predicted octanol–water partition coefficient (Wildman–Crippen LogP) is 4.80. The van der Waals surface area contributed by atoms with E-state index in [0.29, 0.717) is 30.0 Å². The number of nitrogens with zero attached hydrogens (tertiary/aromatic N) is 2. The summed E-state index contributed by atoms with van der Waals surface area (Å²) in [6, 6.07) is 11.6. The summed E-state index contributed by atoms with van der Waals surface area (Å²) < 4.78 is 16.6. The van der Waals surface area contributed by atoms with Crippen LogP contribution in [0, 0.1) is 0 Å². The van der Waals surface area contributed by atoms with Crippen molar-refractivity contribution in [1.29, 1.82) is 0 Å². The Bertz CT molecular complexity index is 1010. The lowest BCUT2D eigenvalue weighted by Gasteiger charge is -2.31. The SMILES string of the molecule is CC(=O)OCCN1CCC(c2cccc(OCc3ccc(Cl)c4ccoc34)n2)CC1. The third-order valence-corrected chi connectivity index (χ3v) is 5.81. The van der Waals surface area contributed by atoms with Gasteiger partial charge in [-0.2, -0.15) is 0 Å². The minimum absolute atomic E-state index is 0.225. The second-order valence-corrected chi connectivity index (χ2v) is 7.92. The minimum Gasteiger partial charge on any atom is -0.473 e. The summed E-state index contributed by atoms with van der Waals surface area (Å²) in [6.07, 6.45) is 3.69. The first-order valence-electron chi connectivity index (χ1n) is 10.2. The summed E-state index contributed by atoms with van der Waals surface area (Å²) in [4.78, 5) is 18.0. The number of hydrogen-bond acceptors (Lipinski definition) is 6. The first kappa shape index (κ1) is 20.7. The van der Waals surface area contributed by atoms with Gasteiger partial charge in [0, 0.05) is 42.1 Å². The van der Waals surface area contributed by atoms with Crippen molar-refractivity contribution in [3.05, 3.63) is 58.9 Å². The van der Waals surface area contributed by atoms with Gasteiger partial charge in [0.15, 0.2) is 0 Å². The molecular formula is C23H25ClN2O4. The first-order valence-corrected chi connectivity index (χ1v) is 10.6. The van der Waals surface area contributed by atoms with Crippen LogP contribution in [0.1, 0.15) is 36.9 Å². The molecule has 0 unspecified atom stereocenters. The van der Waals surface area contributed by atoms with Gasteiger partial charge in [-0.25, -0.2) is 4.98 Å². The third-order valence-electron chi connectivity index (χ3n) is 5.48. The summed E-state index contributed by atoms with van der Waals surface area (Å²) in [6.45, 7) is 4.99. The van der Waals surface area contributed by atoms with Gasteiger partial charge in [0.05, 0.1) is 11.3 Å².